The SMILES string of the molecule is CCOC(=O)COc1cc(-c2ccc(F)cc2)nc(-c2ccc(Cl)c(F)c2)n1.N#CCOc1cc(-c2ccc(F)cc2)nc(-c2ccc(Cl)c(F)c2)n1.NC(=O)COc1cc(-c2ccc(F)cc2)nc(-c2ccc(Cl)c(F)c2)n1.O=C(O)COc1cc(-c2ccc(F)cc2)nc(-c2ccc(Cl)c(F)c2)n1. The highest BCUT2D eigenvalue weighted by Crippen LogP contribution is 2.33. The number of halogens is 12. The normalized spacial score (nSPS) is 10.5. The number of esters is 1. The van der Waals surface area contributed by atoms with E-state index in [1.165, 1.54) is 146 Å². The average Bonchev–Trinajstić information content (AvgIpc) is 0.827. The number of nitrogens with zero attached hydrogens (tertiary/aromatic N) is 9. The van der Waals surface area contributed by atoms with Crippen LogP contribution in [-0.2, 0) is 19.1 Å². The number of carbonyl (C=O) groups excluding carboxylic acids is 2. The number of nitrogens with two attached hydrogens (primary N) is 1. The lowest BCUT2D eigenvalue weighted by molar-refractivity contribution is -0.145. The van der Waals surface area contributed by atoms with Crippen molar-refractivity contribution in [3.05, 3.63) is 261 Å². The van der Waals surface area contributed by atoms with Crippen molar-refractivity contribution in [3.63, 3.8) is 0 Å². The number of aromatic nitrogens is 8. The topological polar surface area (TPSA) is 271 Å². The molecule has 0 spiro atoms. The Bertz CT molecular complexity index is 5000. The van der Waals surface area contributed by atoms with Crippen LogP contribution >= 0.6 is 46.4 Å². The molecule has 0 saturated heterocycles. The number of hydrogen-bond donors (Lipinski definition) is 2. The maximum atomic E-state index is 13.9. The summed E-state index contributed by atoms with van der Waals surface area (Å²) in [6.07, 6.45) is 0. The van der Waals surface area contributed by atoms with Crippen molar-refractivity contribution in [1.29, 1.82) is 5.26 Å². The van der Waals surface area contributed by atoms with Gasteiger partial charge in [0.15, 0.2) is 49.7 Å². The summed E-state index contributed by atoms with van der Waals surface area (Å²) >= 11 is 22.8. The van der Waals surface area contributed by atoms with Crippen LogP contribution < -0.4 is 24.7 Å². The highest BCUT2D eigenvalue weighted by Gasteiger charge is 2.19. The number of ether oxygens (including phenoxy) is 5. The van der Waals surface area contributed by atoms with Crippen LogP contribution in [0.3, 0.4) is 0 Å². The van der Waals surface area contributed by atoms with Crippen molar-refractivity contribution in [2.75, 3.05) is 33.0 Å². The van der Waals surface area contributed by atoms with E-state index >= 15 is 0 Å². The predicted octanol–water partition coefficient (Wildman–Crippen LogP) is 17.1. The molecular weight excluding hydrogens is 1470 g/mol. The lowest BCUT2D eigenvalue weighted by Gasteiger charge is -2.10. The Kier molecular flexibility index (Phi) is 26.8. The van der Waals surface area contributed by atoms with Gasteiger partial charge in [0.25, 0.3) is 5.91 Å². The van der Waals surface area contributed by atoms with Gasteiger partial charge in [0, 0.05) is 68.8 Å². The van der Waals surface area contributed by atoms with Crippen molar-refractivity contribution in [2.24, 2.45) is 5.73 Å². The first kappa shape index (κ1) is 76.9. The van der Waals surface area contributed by atoms with E-state index in [1.807, 2.05) is 6.07 Å². The first-order valence-corrected chi connectivity index (χ1v) is 31.8. The minimum Gasteiger partial charge on any atom is -0.479 e. The summed E-state index contributed by atoms with van der Waals surface area (Å²) in [6, 6.07) is 46.8. The summed E-state index contributed by atoms with van der Waals surface area (Å²) in [4.78, 5) is 67.4. The number of benzene rings is 8. The number of amides is 1. The van der Waals surface area contributed by atoms with Crippen LogP contribution in [0.5, 0.6) is 23.5 Å². The van der Waals surface area contributed by atoms with Gasteiger partial charge in [0.05, 0.1) is 49.5 Å². The van der Waals surface area contributed by atoms with Crippen molar-refractivity contribution in [1.82, 2.24) is 39.9 Å². The number of carboxylic acid groups (broad SMARTS) is 1. The molecule has 0 atom stereocenters. The minimum atomic E-state index is -1.17. The maximum absolute atomic E-state index is 13.9. The summed E-state index contributed by atoms with van der Waals surface area (Å²) in [5.74, 6) is -5.53. The highest BCUT2D eigenvalue weighted by atomic mass is 35.5. The molecule has 12 aromatic rings. The van der Waals surface area contributed by atoms with Crippen molar-refractivity contribution in [3.8, 4) is 120 Å². The molecule has 0 fully saturated rings. The molecule has 0 aliphatic carbocycles. The van der Waals surface area contributed by atoms with E-state index in [9.17, 15) is 49.5 Å². The number of aliphatic carboxylic acids is 1. The molecular formula is C74H48Cl4F8N10O9. The summed E-state index contributed by atoms with van der Waals surface area (Å²) in [5, 5.41) is 17.3. The van der Waals surface area contributed by atoms with Crippen LogP contribution in [-0.4, -0.2) is 95.9 Å². The first-order valence-electron chi connectivity index (χ1n) is 30.3. The van der Waals surface area contributed by atoms with E-state index in [4.69, 9.17) is 86.2 Å². The minimum absolute atomic E-state index is 0.00733. The second-order valence-corrected chi connectivity index (χ2v) is 22.8. The Morgan fingerprint density at radius 1 is 0.381 bits per heavy atom. The van der Waals surface area contributed by atoms with Crippen LogP contribution in [0.1, 0.15) is 6.92 Å². The Balaban J connectivity index is 0.000000162. The quantitative estimate of drug-likeness (QED) is 0.0530. The number of carbonyl (C=O) groups is 3. The van der Waals surface area contributed by atoms with Crippen molar-refractivity contribution >= 4 is 64.2 Å². The summed E-state index contributed by atoms with van der Waals surface area (Å²) in [7, 11) is 0. The summed E-state index contributed by atoms with van der Waals surface area (Å²) in [6.45, 7) is 0.378. The third-order valence-electron chi connectivity index (χ3n) is 13.7. The van der Waals surface area contributed by atoms with Gasteiger partial charge in [0.1, 0.15) is 52.6 Å². The summed E-state index contributed by atoms with van der Waals surface area (Å²) < 4.78 is 134. The van der Waals surface area contributed by atoms with Gasteiger partial charge < -0.3 is 34.5 Å². The van der Waals surface area contributed by atoms with Crippen LogP contribution in [0.15, 0.2) is 194 Å². The molecule has 0 radical (unpaired) electrons. The molecule has 12 rings (SSSR count). The molecule has 31 heteroatoms. The van der Waals surface area contributed by atoms with Crippen LogP contribution in [0.25, 0.3) is 90.6 Å². The van der Waals surface area contributed by atoms with Gasteiger partial charge in [-0.25, -0.2) is 64.6 Å². The molecule has 3 N–H and O–H groups in total. The second kappa shape index (κ2) is 36.6. The standard InChI is InChI=1S/C20H15ClF2N2O3.C18H12ClF2N3O2.C18H10ClF2N3O.C18H11ClF2N2O3/c1-2-27-19(26)11-28-18-10-17(12-3-6-14(22)7-4-12)24-20(25-18)13-5-8-15(21)16(23)9-13;19-13-6-3-11(7-14(13)21)18-23-15(10-1-4-12(20)5-2-10)8-17(24-18)26-9-16(22)25;19-14-6-3-12(9-15(14)21)18-23-16(10-17(24-18)25-8-7-22)11-1-4-13(20)5-2-11;19-13-6-3-11(7-14(13)21)18-22-15(10-1-4-12(20)5-2-10)8-16(23-18)26-9-17(24)25/h3-10H,2,11H2,1H3;1-8H,9H2,(H2,22,25);1-6,9-10H,8H2;1-8H,9H2,(H,24,25). The fourth-order valence-electron chi connectivity index (χ4n) is 8.85. The number of carboxylic acids is 1. The molecule has 0 aliphatic rings. The second-order valence-electron chi connectivity index (χ2n) is 21.2. The predicted molar refractivity (Wildman–Crippen MR) is 372 cm³/mol. The third kappa shape index (κ3) is 22.4. The molecule has 1 amide bonds. The van der Waals surface area contributed by atoms with Gasteiger partial charge in [-0.05, 0) is 177 Å². The fraction of sp³-hybridized carbons (Fsp3) is 0.0811. The first-order chi connectivity index (χ1) is 50.4. The van der Waals surface area contributed by atoms with Crippen molar-refractivity contribution < 1.29 is 78.3 Å². The van der Waals surface area contributed by atoms with Crippen molar-refractivity contribution in [2.45, 2.75) is 6.92 Å². The number of nitriles is 1. The molecule has 105 heavy (non-hydrogen) atoms. The largest absolute Gasteiger partial charge is 0.479 e. The van der Waals surface area contributed by atoms with Crippen LogP contribution in [0.2, 0.25) is 20.1 Å². The molecule has 532 valence electrons. The molecule has 0 saturated carbocycles. The smallest absolute Gasteiger partial charge is 0.344 e. The zero-order valence-corrected chi connectivity index (χ0v) is 56.9. The van der Waals surface area contributed by atoms with Gasteiger partial charge in [-0.2, -0.15) is 25.2 Å². The summed E-state index contributed by atoms with van der Waals surface area (Å²) in [5.41, 5.74) is 10.5. The van der Waals surface area contributed by atoms with Crippen LogP contribution in [0.4, 0.5) is 35.1 Å². The Labute approximate surface area is 611 Å². The van der Waals surface area contributed by atoms with E-state index in [1.54, 1.807) is 49.4 Å². The van der Waals surface area contributed by atoms with E-state index < -0.39 is 65.2 Å². The Hall–Kier alpha value is -12.2. The molecule has 19 nitrogen and oxygen atoms in total. The number of primary amides is 1. The molecule has 4 aromatic heterocycles. The van der Waals surface area contributed by atoms with E-state index in [0.717, 1.165) is 6.07 Å². The van der Waals surface area contributed by atoms with Gasteiger partial charge in [0.2, 0.25) is 23.5 Å². The zero-order valence-electron chi connectivity index (χ0n) is 53.9. The molecule has 0 unspecified atom stereocenters. The molecule has 4 heterocycles. The van der Waals surface area contributed by atoms with Crippen LogP contribution in [0, 0.1) is 57.9 Å². The fourth-order valence-corrected chi connectivity index (χ4v) is 9.32. The highest BCUT2D eigenvalue weighted by molar-refractivity contribution is 6.31. The lowest BCUT2D eigenvalue weighted by atomic mass is 10.1. The number of hydrogen-bond acceptors (Lipinski definition) is 17. The van der Waals surface area contributed by atoms with Gasteiger partial charge in [-0.3, -0.25) is 4.79 Å². The molecule has 0 bridgehead atoms. The number of rotatable bonds is 20. The molecule has 0 aliphatic heterocycles. The average molecular weight is 1520 g/mol. The maximum Gasteiger partial charge on any atom is 0.344 e. The van der Waals surface area contributed by atoms with Gasteiger partial charge in [-0.1, -0.05) is 46.4 Å². The Morgan fingerprint density at radius 3 is 0.886 bits per heavy atom. The van der Waals surface area contributed by atoms with Gasteiger partial charge >= 0.3 is 11.9 Å². The van der Waals surface area contributed by atoms with E-state index in [0.29, 0.717) is 67.3 Å². The monoisotopic (exact) mass is 1510 g/mol. The zero-order chi connectivity index (χ0) is 75.3. The van der Waals surface area contributed by atoms with Gasteiger partial charge in [-0.15, -0.1) is 0 Å². The van der Waals surface area contributed by atoms with E-state index in [-0.39, 0.29) is 99.2 Å². The molecule has 8 aromatic carbocycles. The lowest BCUT2D eigenvalue weighted by Crippen LogP contribution is -2.20. The van der Waals surface area contributed by atoms with E-state index in [2.05, 4.69) is 39.9 Å². The Morgan fingerprint density at radius 2 is 0.638 bits per heavy atom. The third-order valence-corrected chi connectivity index (χ3v) is 14.9.